The summed E-state index contributed by atoms with van der Waals surface area (Å²) in [6.45, 7) is 7.74. The van der Waals surface area contributed by atoms with E-state index >= 15 is 0 Å². The Bertz CT molecular complexity index is 74.6. The summed E-state index contributed by atoms with van der Waals surface area (Å²) in [5.74, 6) is 0. The number of unbranched alkanes of at least 4 members (excludes halogenated alkanes) is 1. The number of hydrogen-bond acceptors (Lipinski definition) is 1. The molecule has 0 amide bonds. The van der Waals surface area contributed by atoms with Crippen molar-refractivity contribution >= 4 is 32.9 Å². The van der Waals surface area contributed by atoms with Crippen LogP contribution in [0, 0.1) is 0 Å². The molecule has 0 saturated carbocycles. The van der Waals surface area contributed by atoms with Crippen LogP contribution >= 0.6 is 32.9 Å². The first-order chi connectivity index (χ1) is 5.13. The largest absolute Gasteiger partial charge is 0.315 e. The van der Waals surface area contributed by atoms with Crippen LogP contribution in [0.3, 0.4) is 0 Å². The van der Waals surface area contributed by atoms with Gasteiger partial charge in [0.05, 0.1) is 0 Å². The van der Waals surface area contributed by atoms with E-state index in [9.17, 15) is 0 Å². The summed E-state index contributed by atoms with van der Waals surface area (Å²) >= 11 is 3.53. The van der Waals surface area contributed by atoms with Crippen LogP contribution in [0.15, 0.2) is 0 Å². The van der Waals surface area contributed by atoms with Gasteiger partial charge < -0.3 is 5.32 Å². The third kappa shape index (κ3) is 13.5. The van der Waals surface area contributed by atoms with E-state index in [0.29, 0.717) is 10.9 Å². The SMILES string of the molecule is Br.CC(Br)CCCCNC(C)C. The molecule has 12 heavy (non-hydrogen) atoms. The standard InChI is InChI=1S/C9H20BrN.BrH/c1-8(2)11-7-5-4-6-9(3)10;/h8-9,11H,4-7H2,1-3H3;1H. The Morgan fingerprint density at radius 3 is 2.17 bits per heavy atom. The first kappa shape index (κ1) is 15.4. The van der Waals surface area contributed by atoms with Crippen molar-refractivity contribution in [3.63, 3.8) is 0 Å². The molecule has 1 nitrogen and oxygen atoms in total. The second-order valence-electron chi connectivity index (χ2n) is 3.39. The van der Waals surface area contributed by atoms with Gasteiger partial charge >= 0.3 is 0 Å². The smallest absolute Gasteiger partial charge is 0.0117 e. The van der Waals surface area contributed by atoms with Gasteiger partial charge in [0.15, 0.2) is 0 Å². The van der Waals surface area contributed by atoms with Crippen LogP contribution in [0.2, 0.25) is 0 Å². The van der Waals surface area contributed by atoms with Crippen molar-refractivity contribution in [2.75, 3.05) is 6.54 Å². The number of halogens is 2. The van der Waals surface area contributed by atoms with Gasteiger partial charge in [0, 0.05) is 10.9 Å². The second-order valence-corrected chi connectivity index (χ2v) is 4.95. The summed E-state index contributed by atoms with van der Waals surface area (Å²) in [7, 11) is 0. The molecule has 0 aromatic heterocycles. The molecule has 0 bridgehead atoms. The topological polar surface area (TPSA) is 12.0 Å². The van der Waals surface area contributed by atoms with E-state index in [4.69, 9.17) is 0 Å². The van der Waals surface area contributed by atoms with Gasteiger partial charge in [-0.2, -0.15) is 0 Å². The highest BCUT2D eigenvalue weighted by Crippen LogP contribution is 2.07. The van der Waals surface area contributed by atoms with Crippen molar-refractivity contribution in [1.82, 2.24) is 5.32 Å². The van der Waals surface area contributed by atoms with E-state index in [2.05, 4.69) is 42.0 Å². The van der Waals surface area contributed by atoms with E-state index in [1.807, 2.05) is 0 Å². The third-order valence-corrected chi connectivity index (χ3v) is 2.04. The number of hydrogen-bond donors (Lipinski definition) is 1. The second kappa shape index (κ2) is 10.0. The predicted octanol–water partition coefficient (Wildman–Crippen LogP) is 3.52. The highest BCUT2D eigenvalue weighted by molar-refractivity contribution is 9.09. The molecule has 0 saturated heterocycles. The Morgan fingerprint density at radius 1 is 1.17 bits per heavy atom. The van der Waals surface area contributed by atoms with Crippen LogP contribution in [0.25, 0.3) is 0 Å². The van der Waals surface area contributed by atoms with Crippen LogP contribution < -0.4 is 5.32 Å². The van der Waals surface area contributed by atoms with Crippen LogP contribution in [0.4, 0.5) is 0 Å². The van der Waals surface area contributed by atoms with Gasteiger partial charge in [-0.15, -0.1) is 17.0 Å². The molecule has 0 aliphatic heterocycles. The fourth-order valence-corrected chi connectivity index (χ4v) is 1.27. The summed E-state index contributed by atoms with van der Waals surface area (Å²) < 4.78 is 0. The normalized spacial score (nSPS) is 12.8. The fraction of sp³-hybridized carbons (Fsp3) is 1.00. The molecule has 1 unspecified atom stereocenters. The van der Waals surface area contributed by atoms with E-state index in [0.717, 1.165) is 6.54 Å². The van der Waals surface area contributed by atoms with Crippen LogP contribution in [0.1, 0.15) is 40.0 Å². The molecule has 0 aromatic rings. The average molecular weight is 303 g/mol. The summed E-state index contributed by atoms with van der Waals surface area (Å²) in [5.41, 5.74) is 0. The van der Waals surface area contributed by atoms with Gasteiger partial charge in [0.1, 0.15) is 0 Å². The lowest BCUT2D eigenvalue weighted by atomic mass is 10.2. The quantitative estimate of drug-likeness (QED) is 0.585. The molecule has 76 valence electrons. The maximum absolute atomic E-state index is 3.53. The van der Waals surface area contributed by atoms with E-state index < -0.39 is 0 Å². The zero-order chi connectivity index (χ0) is 8.69. The zero-order valence-electron chi connectivity index (χ0n) is 8.27. The lowest BCUT2D eigenvalue weighted by Gasteiger charge is -2.07. The van der Waals surface area contributed by atoms with Gasteiger partial charge in [-0.05, 0) is 19.4 Å². The van der Waals surface area contributed by atoms with Crippen molar-refractivity contribution in [3.8, 4) is 0 Å². The average Bonchev–Trinajstić information content (AvgIpc) is 1.85. The van der Waals surface area contributed by atoms with Crippen molar-refractivity contribution in [2.45, 2.75) is 50.9 Å². The van der Waals surface area contributed by atoms with Gasteiger partial charge in [0.25, 0.3) is 0 Å². The molecule has 0 heterocycles. The van der Waals surface area contributed by atoms with Crippen LogP contribution in [-0.4, -0.2) is 17.4 Å². The Kier molecular flexibility index (Phi) is 12.8. The lowest BCUT2D eigenvalue weighted by molar-refractivity contribution is 0.549. The molecule has 0 spiro atoms. The molecular formula is C9H21Br2N. The molecule has 0 rings (SSSR count). The maximum Gasteiger partial charge on any atom is 0.0117 e. The molecule has 0 aliphatic rings. The molecule has 0 fully saturated rings. The highest BCUT2D eigenvalue weighted by Gasteiger charge is 1.95. The number of alkyl halides is 1. The summed E-state index contributed by atoms with van der Waals surface area (Å²) in [5, 5.41) is 3.40. The molecular weight excluding hydrogens is 282 g/mol. The molecule has 0 radical (unpaired) electrons. The Labute approximate surface area is 95.6 Å². The minimum atomic E-state index is 0. The van der Waals surface area contributed by atoms with Crippen molar-refractivity contribution in [2.24, 2.45) is 0 Å². The molecule has 0 aliphatic carbocycles. The molecule has 0 aromatic carbocycles. The van der Waals surface area contributed by atoms with E-state index in [1.54, 1.807) is 0 Å². The maximum atomic E-state index is 3.53. The third-order valence-electron chi connectivity index (χ3n) is 1.58. The molecule has 1 atom stereocenters. The van der Waals surface area contributed by atoms with Gasteiger partial charge in [-0.1, -0.05) is 43.1 Å². The molecule has 3 heteroatoms. The summed E-state index contributed by atoms with van der Waals surface area (Å²) in [6, 6.07) is 0.636. The van der Waals surface area contributed by atoms with Crippen molar-refractivity contribution in [1.29, 1.82) is 0 Å². The molecule has 1 N–H and O–H groups in total. The monoisotopic (exact) mass is 301 g/mol. The highest BCUT2D eigenvalue weighted by atomic mass is 79.9. The fourth-order valence-electron chi connectivity index (χ4n) is 0.941. The minimum absolute atomic E-state index is 0. The Hall–Kier alpha value is 0.920. The number of nitrogens with one attached hydrogen (secondary N) is 1. The first-order valence-electron chi connectivity index (χ1n) is 4.50. The summed E-state index contributed by atoms with van der Waals surface area (Å²) in [6.07, 6.45) is 3.92. The lowest BCUT2D eigenvalue weighted by Crippen LogP contribution is -2.23. The van der Waals surface area contributed by atoms with Gasteiger partial charge in [-0.3, -0.25) is 0 Å². The Balaban J connectivity index is 0. The first-order valence-corrected chi connectivity index (χ1v) is 5.42. The minimum Gasteiger partial charge on any atom is -0.315 e. The van der Waals surface area contributed by atoms with Gasteiger partial charge in [-0.25, -0.2) is 0 Å². The Morgan fingerprint density at radius 2 is 1.75 bits per heavy atom. The van der Waals surface area contributed by atoms with Crippen LogP contribution in [0.5, 0.6) is 0 Å². The van der Waals surface area contributed by atoms with Gasteiger partial charge in [0.2, 0.25) is 0 Å². The van der Waals surface area contributed by atoms with Crippen molar-refractivity contribution in [3.05, 3.63) is 0 Å². The zero-order valence-corrected chi connectivity index (χ0v) is 11.6. The number of rotatable bonds is 6. The van der Waals surface area contributed by atoms with E-state index in [-0.39, 0.29) is 17.0 Å². The summed E-state index contributed by atoms with van der Waals surface area (Å²) in [4.78, 5) is 0.682. The predicted molar refractivity (Wildman–Crippen MR) is 65.7 cm³/mol. The van der Waals surface area contributed by atoms with E-state index in [1.165, 1.54) is 19.3 Å². The van der Waals surface area contributed by atoms with Crippen LogP contribution in [-0.2, 0) is 0 Å². The van der Waals surface area contributed by atoms with Crippen molar-refractivity contribution < 1.29 is 0 Å².